The van der Waals surface area contributed by atoms with Gasteiger partial charge in [-0.1, -0.05) is 18.2 Å². The molecule has 3 heterocycles. The van der Waals surface area contributed by atoms with Crippen molar-refractivity contribution in [3.63, 3.8) is 0 Å². The summed E-state index contributed by atoms with van der Waals surface area (Å²) in [4.78, 5) is 30.8. The molecule has 1 fully saturated rings. The minimum absolute atomic E-state index is 0.209. The van der Waals surface area contributed by atoms with Gasteiger partial charge in [0.2, 0.25) is 3.73 Å². The summed E-state index contributed by atoms with van der Waals surface area (Å²) in [6.07, 6.45) is -3.38. The number of azide groups is 1. The van der Waals surface area contributed by atoms with Crippen molar-refractivity contribution in [3.05, 3.63) is 70.5 Å². The maximum atomic E-state index is 15.3. The summed E-state index contributed by atoms with van der Waals surface area (Å²) in [6.45, 7) is 1.12. The molecule has 1 aromatic carbocycles. The van der Waals surface area contributed by atoms with Crippen molar-refractivity contribution in [1.29, 1.82) is 0 Å². The number of hydrogen-bond acceptors (Lipinski definition) is 7. The Kier molecular flexibility index (Phi) is 5.95. The van der Waals surface area contributed by atoms with E-state index in [9.17, 15) is 9.59 Å². The number of nitrogens with one attached hydrogen (secondary N) is 1. The van der Waals surface area contributed by atoms with E-state index >= 15 is 4.39 Å². The number of carbonyl (C=O) groups is 2. The van der Waals surface area contributed by atoms with Crippen LogP contribution in [0.4, 0.5) is 10.2 Å². The Morgan fingerprint density at radius 1 is 1.34 bits per heavy atom. The molecule has 3 aromatic rings. The van der Waals surface area contributed by atoms with Gasteiger partial charge in [0.05, 0.1) is 5.69 Å². The second-order valence-electron chi connectivity index (χ2n) is 6.80. The Hall–Kier alpha value is -3.29. The maximum absolute atomic E-state index is 15.3. The van der Waals surface area contributed by atoms with E-state index in [0.29, 0.717) is 11.1 Å². The van der Waals surface area contributed by atoms with E-state index in [-0.39, 0.29) is 17.4 Å². The van der Waals surface area contributed by atoms with Gasteiger partial charge >= 0.3 is 5.97 Å². The molecule has 4 atom stereocenters. The van der Waals surface area contributed by atoms with E-state index in [1.54, 1.807) is 65.1 Å². The highest BCUT2D eigenvalue weighted by atomic mass is 127. The number of nitrogens with zero attached hydrogens (tertiary/aromatic N) is 6. The fourth-order valence-electron chi connectivity index (χ4n) is 3.38. The quantitative estimate of drug-likeness (QED) is 0.0974. The van der Waals surface area contributed by atoms with Crippen LogP contribution in [0.3, 0.4) is 0 Å². The normalized spacial score (nSPS) is 24.7. The zero-order valence-electron chi connectivity index (χ0n) is 16.4. The summed E-state index contributed by atoms with van der Waals surface area (Å²) < 4.78 is 25.7. The molecule has 164 valence electrons. The van der Waals surface area contributed by atoms with Crippen molar-refractivity contribution >= 4 is 45.8 Å². The van der Waals surface area contributed by atoms with Gasteiger partial charge in [-0.2, -0.15) is 5.10 Å². The van der Waals surface area contributed by atoms with Gasteiger partial charge in [0, 0.05) is 17.4 Å². The number of fused-ring (bicyclic) bond motifs is 1. The number of amides is 1. The standard InChI is InChI=1S/C19H15FIN7O4/c1-10(29)31-16-14(20)15(32-19(16,21)26-27-22)12-7-8-13-17(23-9-24-28(12)13)25-18(30)11-5-3-2-4-6-11/h2-9,14-16H,1H3,(H,23,24,25,30)/t14-,15-,16-,19-/m0/s1. The number of esters is 1. The lowest BCUT2D eigenvalue weighted by Gasteiger charge is -2.22. The second-order valence-corrected chi connectivity index (χ2v) is 8.34. The smallest absolute Gasteiger partial charge is 0.303 e. The first kappa shape index (κ1) is 21.9. The summed E-state index contributed by atoms with van der Waals surface area (Å²) in [5.41, 5.74) is 9.96. The van der Waals surface area contributed by atoms with Gasteiger partial charge in [-0.15, -0.1) is 0 Å². The van der Waals surface area contributed by atoms with E-state index in [1.807, 2.05) is 0 Å². The lowest BCUT2D eigenvalue weighted by Crippen LogP contribution is -2.38. The molecule has 13 heteroatoms. The van der Waals surface area contributed by atoms with Crippen molar-refractivity contribution in [1.82, 2.24) is 14.6 Å². The Balaban J connectivity index is 1.69. The number of benzene rings is 1. The molecule has 0 saturated carbocycles. The number of ether oxygens (including phenoxy) is 2. The highest BCUT2D eigenvalue weighted by Crippen LogP contribution is 2.48. The molecule has 0 radical (unpaired) electrons. The maximum Gasteiger partial charge on any atom is 0.303 e. The Bertz CT molecular complexity index is 1230. The van der Waals surface area contributed by atoms with Crippen LogP contribution in [-0.2, 0) is 14.3 Å². The van der Waals surface area contributed by atoms with E-state index in [1.165, 1.54) is 10.8 Å². The van der Waals surface area contributed by atoms with Gasteiger partial charge in [0.1, 0.15) is 17.9 Å². The van der Waals surface area contributed by atoms with Crippen molar-refractivity contribution in [2.45, 2.75) is 29.0 Å². The lowest BCUT2D eigenvalue weighted by molar-refractivity contribution is -0.151. The first-order chi connectivity index (χ1) is 15.3. The first-order valence-electron chi connectivity index (χ1n) is 9.27. The zero-order chi connectivity index (χ0) is 22.9. The molecule has 1 aliphatic rings. The number of alkyl halides is 2. The SMILES string of the molecule is CC(=O)O[C@H]1[C@@H](F)[C@H](c2ccc3c(NC(=O)c4ccccc4)ncnn23)O[C@@]1(I)N=[N+]=[N-]. The molecule has 1 aliphatic heterocycles. The summed E-state index contributed by atoms with van der Waals surface area (Å²) in [5.74, 6) is -0.913. The fourth-order valence-corrected chi connectivity index (χ4v) is 4.22. The number of aromatic nitrogens is 3. The van der Waals surface area contributed by atoms with Crippen molar-refractivity contribution in [2.75, 3.05) is 5.32 Å². The summed E-state index contributed by atoms with van der Waals surface area (Å²) in [5, 5.41) is 10.3. The lowest BCUT2D eigenvalue weighted by atomic mass is 10.1. The number of halogens is 2. The van der Waals surface area contributed by atoms with Crippen LogP contribution in [0.1, 0.15) is 29.1 Å². The number of carbonyl (C=O) groups excluding carboxylic acids is 2. The molecule has 32 heavy (non-hydrogen) atoms. The van der Waals surface area contributed by atoms with E-state index < -0.39 is 28.1 Å². The summed E-state index contributed by atoms with van der Waals surface area (Å²) in [6, 6.07) is 11.7. The molecule has 0 unspecified atom stereocenters. The molecule has 2 aromatic heterocycles. The van der Waals surface area contributed by atoms with E-state index in [2.05, 4.69) is 25.4 Å². The molecule has 0 spiro atoms. The monoisotopic (exact) mass is 551 g/mol. The predicted octanol–water partition coefficient (Wildman–Crippen LogP) is 3.72. The van der Waals surface area contributed by atoms with Crippen LogP contribution >= 0.6 is 22.6 Å². The molecule has 11 nitrogen and oxygen atoms in total. The minimum Gasteiger partial charge on any atom is -0.455 e. The van der Waals surface area contributed by atoms with Gasteiger partial charge in [0.25, 0.3) is 5.91 Å². The highest BCUT2D eigenvalue weighted by molar-refractivity contribution is 14.1. The number of hydrogen-bond donors (Lipinski definition) is 1. The minimum atomic E-state index is -1.85. The molecule has 1 N–H and O–H groups in total. The summed E-state index contributed by atoms with van der Waals surface area (Å²) >= 11 is 1.61. The third kappa shape index (κ3) is 3.97. The average molecular weight is 551 g/mol. The van der Waals surface area contributed by atoms with Gasteiger partial charge in [-0.25, -0.2) is 13.9 Å². The fraction of sp³-hybridized carbons (Fsp3) is 0.263. The van der Waals surface area contributed by atoms with E-state index in [4.69, 9.17) is 15.0 Å². The third-order valence-electron chi connectivity index (χ3n) is 4.74. The van der Waals surface area contributed by atoms with Gasteiger partial charge in [-0.05, 0) is 57.5 Å². The Labute approximate surface area is 193 Å². The van der Waals surface area contributed by atoms with E-state index in [0.717, 1.165) is 6.92 Å². The van der Waals surface area contributed by atoms with Gasteiger partial charge in [0.15, 0.2) is 18.1 Å². The predicted molar refractivity (Wildman–Crippen MR) is 118 cm³/mol. The van der Waals surface area contributed by atoms with Crippen LogP contribution in [0.5, 0.6) is 0 Å². The van der Waals surface area contributed by atoms with Crippen LogP contribution in [0.2, 0.25) is 0 Å². The van der Waals surface area contributed by atoms with Crippen molar-refractivity contribution < 1.29 is 23.5 Å². The Morgan fingerprint density at radius 3 is 2.78 bits per heavy atom. The average Bonchev–Trinajstić information content (AvgIpc) is 3.30. The second kappa shape index (κ2) is 8.68. The van der Waals surface area contributed by atoms with Crippen LogP contribution in [0, 0.1) is 0 Å². The Morgan fingerprint density at radius 2 is 2.09 bits per heavy atom. The number of anilines is 1. The van der Waals surface area contributed by atoms with Crippen LogP contribution in [0.25, 0.3) is 16.0 Å². The largest absolute Gasteiger partial charge is 0.455 e. The topological polar surface area (TPSA) is 144 Å². The molecular weight excluding hydrogens is 536 g/mol. The van der Waals surface area contributed by atoms with Gasteiger partial charge < -0.3 is 14.8 Å². The molecular formula is C19H15FIN7O4. The van der Waals surface area contributed by atoms with Crippen molar-refractivity contribution in [2.24, 2.45) is 5.11 Å². The van der Waals surface area contributed by atoms with Crippen LogP contribution in [-0.4, -0.2) is 42.5 Å². The van der Waals surface area contributed by atoms with Crippen molar-refractivity contribution in [3.8, 4) is 0 Å². The molecule has 0 bridgehead atoms. The van der Waals surface area contributed by atoms with Gasteiger partial charge in [-0.3, -0.25) is 9.59 Å². The van der Waals surface area contributed by atoms with Crippen LogP contribution < -0.4 is 5.32 Å². The third-order valence-corrected chi connectivity index (χ3v) is 5.82. The first-order valence-corrected chi connectivity index (χ1v) is 10.4. The molecule has 4 rings (SSSR count). The zero-order valence-corrected chi connectivity index (χ0v) is 18.6. The number of rotatable bonds is 5. The van der Waals surface area contributed by atoms with Crippen LogP contribution in [0.15, 0.2) is 53.9 Å². The highest BCUT2D eigenvalue weighted by Gasteiger charge is 2.57. The molecule has 1 amide bonds. The summed E-state index contributed by atoms with van der Waals surface area (Å²) in [7, 11) is 0. The molecule has 1 saturated heterocycles. The molecule has 0 aliphatic carbocycles.